The lowest BCUT2D eigenvalue weighted by Gasteiger charge is -2.50. The number of hydrogen-bond acceptors (Lipinski definition) is 6. The van der Waals surface area contributed by atoms with Gasteiger partial charge >= 0.3 is 0 Å². The summed E-state index contributed by atoms with van der Waals surface area (Å²) in [5.41, 5.74) is 8.39. The molecule has 1 saturated carbocycles. The highest BCUT2D eigenvalue weighted by molar-refractivity contribution is 5.93. The van der Waals surface area contributed by atoms with Gasteiger partial charge in [0.15, 0.2) is 12.5 Å². The van der Waals surface area contributed by atoms with Crippen molar-refractivity contribution in [2.45, 2.75) is 89.1 Å². The lowest BCUT2D eigenvalue weighted by atomic mass is 9.74. The zero-order valence-corrected chi connectivity index (χ0v) is 22.2. The molecule has 2 unspecified atom stereocenters. The molecule has 2 bridgehead atoms. The van der Waals surface area contributed by atoms with Gasteiger partial charge in [-0.25, -0.2) is 0 Å². The summed E-state index contributed by atoms with van der Waals surface area (Å²) in [6, 6.07) is 16.7. The summed E-state index contributed by atoms with van der Waals surface area (Å²) >= 11 is 0. The van der Waals surface area contributed by atoms with Gasteiger partial charge in [0.25, 0.3) is 0 Å². The van der Waals surface area contributed by atoms with Crippen molar-refractivity contribution in [1.29, 1.82) is 5.26 Å². The number of nitrogens with zero attached hydrogens (tertiary/aromatic N) is 2. The summed E-state index contributed by atoms with van der Waals surface area (Å²) in [6.45, 7) is 6.01. The predicted molar refractivity (Wildman–Crippen MR) is 143 cm³/mol. The summed E-state index contributed by atoms with van der Waals surface area (Å²) in [7, 11) is 0. The van der Waals surface area contributed by atoms with Crippen LogP contribution < -0.4 is 11.1 Å². The smallest absolute Gasteiger partial charge is 0.248 e. The number of fused-ring (bicyclic) bond motifs is 3. The highest BCUT2D eigenvalue weighted by Gasteiger charge is 2.57. The summed E-state index contributed by atoms with van der Waals surface area (Å²) in [4.78, 5) is 27.1. The van der Waals surface area contributed by atoms with Crippen LogP contribution in [0.25, 0.3) is 11.1 Å². The van der Waals surface area contributed by atoms with Crippen LogP contribution in [0.5, 0.6) is 0 Å². The van der Waals surface area contributed by atoms with Crippen molar-refractivity contribution >= 4 is 11.8 Å². The van der Waals surface area contributed by atoms with E-state index >= 15 is 0 Å². The van der Waals surface area contributed by atoms with Gasteiger partial charge in [-0.05, 0) is 81.2 Å². The van der Waals surface area contributed by atoms with Crippen molar-refractivity contribution in [3.8, 4) is 17.2 Å². The van der Waals surface area contributed by atoms with Crippen LogP contribution in [-0.2, 0) is 20.7 Å². The lowest BCUT2D eigenvalue weighted by Crippen LogP contribution is -2.63. The Morgan fingerprint density at radius 3 is 2.24 bits per heavy atom. The number of carbonyl (C=O) groups is 2. The van der Waals surface area contributed by atoms with E-state index in [2.05, 4.69) is 16.3 Å². The summed E-state index contributed by atoms with van der Waals surface area (Å²) < 4.78 is 11.9. The Morgan fingerprint density at radius 1 is 1.08 bits per heavy atom. The molecule has 1 aliphatic carbocycles. The van der Waals surface area contributed by atoms with Crippen LogP contribution in [-0.4, -0.2) is 53.0 Å². The summed E-state index contributed by atoms with van der Waals surface area (Å²) in [5, 5.41) is 12.9. The van der Waals surface area contributed by atoms with Crippen LogP contribution in [0.1, 0.15) is 62.4 Å². The molecule has 3 saturated heterocycles. The van der Waals surface area contributed by atoms with Crippen LogP contribution in [0, 0.1) is 17.2 Å². The topological polar surface area (TPSA) is 121 Å². The number of piperidine rings is 2. The Balaban J connectivity index is 1.23. The Kier molecular flexibility index (Phi) is 7.28. The minimum absolute atomic E-state index is 0.0953. The van der Waals surface area contributed by atoms with E-state index in [1.165, 1.54) is 0 Å². The molecular formula is C30H36N4O4. The molecule has 4 fully saturated rings. The van der Waals surface area contributed by atoms with Gasteiger partial charge in [-0.2, -0.15) is 5.26 Å². The van der Waals surface area contributed by atoms with Crippen molar-refractivity contribution in [2.24, 2.45) is 11.7 Å². The maximum Gasteiger partial charge on any atom is 0.248 e. The van der Waals surface area contributed by atoms with Gasteiger partial charge in [0.05, 0.1) is 17.7 Å². The highest BCUT2D eigenvalue weighted by Crippen LogP contribution is 2.45. The number of hydrogen-bond donors (Lipinski definition) is 2. The number of amides is 2. The molecule has 4 aliphatic rings. The Labute approximate surface area is 224 Å². The van der Waals surface area contributed by atoms with Crippen molar-refractivity contribution in [3.05, 3.63) is 59.7 Å². The first-order valence-corrected chi connectivity index (χ1v) is 13.4. The van der Waals surface area contributed by atoms with Crippen molar-refractivity contribution < 1.29 is 19.1 Å². The molecule has 8 heteroatoms. The maximum absolute atomic E-state index is 13.6. The quantitative estimate of drug-likeness (QED) is 0.516. The molecule has 3 heterocycles. The second kappa shape index (κ2) is 10.5. The first kappa shape index (κ1) is 26.4. The maximum atomic E-state index is 13.6. The van der Waals surface area contributed by atoms with Crippen LogP contribution in [0.3, 0.4) is 0 Å². The number of nitrogens with two attached hydrogens (primary N) is 1. The fourth-order valence-electron chi connectivity index (χ4n) is 5.92. The zero-order valence-electron chi connectivity index (χ0n) is 22.2. The van der Waals surface area contributed by atoms with E-state index in [1.807, 2.05) is 57.2 Å². The van der Waals surface area contributed by atoms with E-state index in [0.717, 1.165) is 42.4 Å². The number of nitrogens with one attached hydrogen (secondary N) is 1. The van der Waals surface area contributed by atoms with Crippen molar-refractivity contribution in [3.63, 3.8) is 0 Å². The minimum atomic E-state index is -0.632. The van der Waals surface area contributed by atoms with Crippen molar-refractivity contribution in [1.82, 2.24) is 10.2 Å². The highest BCUT2D eigenvalue weighted by atomic mass is 16.8. The molecule has 0 spiro atoms. The Morgan fingerprint density at radius 2 is 1.68 bits per heavy atom. The Hall–Kier alpha value is -3.25. The molecule has 38 heavy (non-hydrogen) atoms. The van der Waals surface area contributed by atoms with Crippen LogP contribution in [0.4, 0.5) is 0 Å². The van der Waals surface area contributed by atoms with Gasteiger partial charge in [0.1, 0.15) is 6.04 Å². The van der Waals surface area contributed by atoms with Gasteiger partial charge in [-0.3, -0.25) is 14.5 Å². The molecule has 2 aromatic rings. The first-order valence-electron chi connectivity index (χ1n) is 13.4. The van der Waals surface area contributed by atoms with E-state index in [4.69, 9.17) is 15.2 Å². The van der Waals surface area contributed by atoms with Gasteiger partial charge < -0.3 is 20.5 Å². The molecule has 4 atom stereocenters. The van der Waals surface area contributed by atoms with Gasteiger partial charge in [0, 0.05) is 18.0 Å². The first-order chi connectivity index (χ1) is 18.1. The number of rotatable bonds is 8. The number of ether oxygens (including phenoxy) is 2. The van der Waals surface area contributed by atoms with E-state index in [-0.39, 0.29) is 36.0 Å². The average molecular weight is 517 g/mol. The fourth-order valence-corrected chi connectivity index (χ4v) is 5.92. The third-order valence-electron chi connectivity index (χ3n) is 7.76. The number of primary amides is 1. The molecule has 200 valence electrons. The molecule has 6 rings (SSSR count). The van der Waals surface area contributed by atoms with E-state index in [0.29, 0.717) is 18.0 Å². The number of carbonyl (C=O) groups excluding carboxylic acids is 2. The molecule has 3 N–H and O–H groups in total. The molecule has 0 radical (unpaired) electrons. The van der Waals surface area contributed by atoms with Crippen LogP contribution >= 0.6 is 0 Å². The molecule has 8 nitrogen and oxygen atoms in total. The average Bonchev–Trinajstić information content (AvgIpc) is 3.65. The zero-order chi connectivity index (χ0) is 27.0. The SMILES string of the molecule is CC(C)(C)OC1OC1N1C2CCC(CC2)[C@H]1C(=O)N[C@H](C#N)Cc1ccc(-c2ccc(C(N)=O)cc2)cc1. The third-order valence-corrected chi connectivity index (χ3v) is 7.76. The fraction of sp³-hybridized carbons (Fsp3) is 0.500. The second-order valence-corrected chi connectivity index (χ2v) is 11.6. The number of benzene rings is 2. The summed E-state index contributed by atoms with van der Waals surface area (Å²) in [5.74, 6) is -0.287. The van der Waals surface area contributed by atoms with E-state index < -0.39 is 11.9 Å². The molecular weight excluding hydrogens is 480 g/mol. The second-order valence-electron chi connectivity index (χ2n) is 11.6. The van der Waals surface area contributed by atoms with Gasteiger partial charge in [-0.15, -0.1) is 0 Å². The van der Waals surface area contributed by atoms with Crippen LogP contribution in [0.15, 0.2) is 48.5 Å². The van der Waals surface area contributed by atoms with Crippen molar-refractivity contribution in [2.75, 3.05) is 0 Å². The number of epoxide rings is 1. The number of nitriles is 1. The van der Waals surface area contributed by atoms with E-state index in [1.54, 1.807) is 12.1 Å². The standard InChI is InChI=1S/C30H36N4O4/c1-30(2,3)38-29-28(37-29)34-24-14-12-21(13-15-24)25(34)27(36)33-23(17-31)16-18-4-6-19(7-5-18)20-8-10-22(11-9-20)26(32)35/h4-11,21,23-25,28-29H,12-16H2,1-3H3,(H2,32,35)(H,33,36)/t21?,23-,24?,25-,28?,29?/m0/s1. The largest absolute Gasteiger partial charge is 0.366 e. The normalized spacial score (nSPS) is 27.4. The predicted octanol–water partition coefficient (Wildman–Crippen LogP) is 3.74. The van der Waals surface area contributed by atoms with Gasteiger partial charge in [-0.1, -0.05) is 36.4 Å². The van der Waals surface area contributed by atoms with E-state index in [9.17, 15) is 14.9 Å². The molecule has 3 aliphatic heterocycles. The van der Waals surface area contributed by atoms with Gasteiger partial charge in [0.2, 0.25) is 11.8 Å². The molecule has 2 amide bonds. The van der Waals surface area contributed by atoms with Crippen LogP contribution in [0.2, 0.25) is 0 Å². The molecule has 2 aromatic carbocycles. The lowest BCUT2D eigenvalue weighted by molar-refractivity contribution is -0.139. The Bertz CT molecular complexity index is 1210. The summed E-state index contributed by atoms with van der Waals surface area (Å²) in [6.07, 6.45) is 4.07. The monoisotopic (exact) mass is 516 g/mol. The minimum Gasteiger partial charge on any atom is -0.366 e. The molecule has 0 aromatic heterocycles. The third kappa shape index (κ3) is 5.75.